The van der Waals surface area contributed by atoms with E-state index in [0.717, 1.165) is 32.4 Å². The van der Waals surface area contributed by atoms with Crippen LogP contribution in [0.15, 0.2) is 0 Å². The molecule has 1 heterocycles. The molecular weight excluding hydrogens is 264 g/mol. The summed E-state index contributed by atoms with van der Waals surface area (Å²) in [6, 6.07) is 0. The average Bonchev–Trinajstić information content (AvgIpc) is 2.36. The lowest BCUT2D eigenvalue weighted by atomic mass is 9.98. The van der Waals surface area contributed by atoms with Crippen molar-refractivity contribution < 1.29 is 13.5 Å². The van der Waals surface area contributed by atoms with E-state index >= 15 is 0 Å². The van der Waals surface area contributed by atoms with Gasteiger partial charge in [0.2, 0.25) is 10.0 Å². The normalized spacial score (nSPS) is 23.7. The highest BCUT2D eigenvalue weighted by atomic mass is 32.2. The van der Waals surface area contributed by atoms with E-state index in [4.69, 9.17) is 0 Å². The first-order valence-electron chi connectivity index (χ1n) is 7.24. The quantitative estimate of drug-likeness (QED) is 0.728. The van der Waals surface area contributed by atoms with Crippen LogP contribution in [-0.4, -0.2) is 56.0 Å². The fourth-order valence-corrected chi connectivity index (χ4v) is 3.11. The number of sulfonamides is 1. The van der Waals surface area contributed by atoms with Crippen LogP contribution in [0.3, 0.4) is 0 Å². The van der Waals surface area contributed by atoms with E-state index in [1.54, 1.807) is 13.8 Å². The fourth-order valence-electron chi connectivity index (χ4n) is 2.31. The Morgan fingerprint density at radius 2 is 2.11 bits per heavy atom. The van der Waals surface area contributed by atoms with Crippen LogP contribution in [0, 0.1) is 5.92 Å². The van der Waals surface area contributed by atoms with Gasteiger partial charge in [-0.1, -0.05) is 6.92 Å². The number of hydrogen-bond donors (Lipinski definition) is 2. The molecule has 1 aliphatic rings. The zero-order chi connectivity index (χ0) is 14.5. The third-order valence-electron chi connectivity index (χ3n) is 3.74. The summed E-state index contributed by atoms with van der Waals surface area (Å²) in [5, 5.41) is 9.29. The van der Waals surface area contributed by atoms with Gasteiger partial charge in [0.05, 0.1) is 11.4 Å². The second-order valence-electron chi connectivity index (χ2n) is 5.77. The van der Waals surface area contributed by atoms with Crippen molar-refractivity contribution >= 4 is 10.0 Å². The molecule has 0 bridgehead atoms. The Labute approximate surface area is 117 Å². The summed E-state index contributed by atoms with van der Waals surface area (Å²) < 4.78 is 26.1. The Morgan fingerprint density at radius 3 is 2.68 bits per heavy atom. The lowest BCUT2D eigenvalue weighted by molar-refractivity contribution is 0.0829. The van der Waals surface area contributed by atoms with Crippen molar-refractivity contribution in [2.45, 2.75) is 51.4 Å². The molecule has 0 aromatic carbocycles. The Bertz CT molecular complexity index is 357. The van der Waals surface area contributed by atoms with E-state index in [1.165, 1.54) is 0 Å². The minimum absolute atomic E-state index is 0.272. The minimum atomic E-state index is -3.16. The maximum absolute atomic E-state index is 11.7. The second-order valence-corrected chi connectivity index (χ2v) is 8.09. The molecule has 0 aromatic rings. The molecule has 0 radical (unpaired) electrons. The van der Waals surface area contributed by atoms with Crippen LogP contribution in [-0.2, 0) is 10.0 Å². The first-order chi connectivity index (χ1) is 8.85. The van der Waals surface area contributed by atoms with Crippen molar-refractivity contribution in [2.24, 2.45) is 5.92 Å². The number of nitrogens with zero attached hydrogens (tertiary/aromatic N) is 1. The molecule has 114 valence electrons. The Kier molecular flexibility index (Phi) is 6.73. The molecule has 2 atom stereocenters. The molecule has 19 heavy (non-hydrogen) atoms. The molecule has 1 saturated heterocycles. The maximum atomic E-state index is 11.7. The Morgan fingerprint density at radius 1 is 1.42 bits per heavy atom. The molecule has 0 saturated carbocycles. The highest BCUT2D eigenvalue weighted by Gasteiger charge is 2.23. The van der Waals surface area contributed by atoms with Gasteiger partial charge in [-0.25, -0.2) is 13.1 Å². The van der Waals surface area contributed by atoms with Crippen LogP contribution in [0.2, 0.25) is 0 Å². The number of β-amino-alcohol motifs (C(OH)–C–C–N with tert-alkyl or cyclic N) is 1. The lowest BCUT2D eigenvalue weighted by Gasteiger charge is -2.34. The molecule has 0 unspecified atom stereocenters. The zero-order valence-corrected chi connectivity index (χ0v) is 13.1. The van der Waals surface area contributed by atoms with Crippen LogP contribution in [0.25, 0.3) is 0 Å². The predicted octanol–water partition coefficient (Wildman–Crippen LogP) is 0.797. The van der Waals surface area contributed by atoms with E-state index in [1.807, 2.05) is 6.92 Å². The van der Waals surface area contributed by atoms with Gasteiger partial charge in [-0.2, -0.15) is 0 Å². The standard InChI is InChI=1S/C13H28N2O3S/c1-4-13(16)10-15-7-5-6-12(9-15)8-14-19(17,18)11(2)3/h11-14,16H,4-10H2,1-3H3/t12-,13+/m0/s1. The summed E-state index contributed by atoms with van der Waals surface area (Å²) in [5.41, 5.74) is 0. The van der Waals surface area contributed by atoms with Crippen molar-refractivity contribution in [3.63, 3.8) is 0 Å². The highest BCUT2D eigenvalue weighted by molar-refractivity contribution is 7.90. The van der Waals surface area contributed by atoms with Gasteiger partial charge in [0.25, 0.3) is 0 Å². The number of aliphatic hydroxyl groups excluding tert-OH is 1. The maximum Gasteiger partial charge on any atom is 0.213 e. The van der Waals surface area contributed by atoms with Gasteiger partial charge in [0.1, 0.15) is 0 Å². The molecule has 0 aliphatic carbocycles. The summed E-state index contributed by atoms with van der Waals surface area (Å²) >= 11 is 0. The summed E-state index contributed by atoms with van der Waals surface area (Å²) in [6.07, 6.45) is 2.62. The number of rotatable bonds is 7. The molecular formula is C13H28N2O3S. The van der Waals surface area contributed by atoms with Crippen molar-refractivity contribution in [1.29, 1.82) is 0 Å². The summed E-state index contributed by atoms with van der Waals surface area (Å²) in [7, 11) is -3.16. The molecule has 2 N–H and O–H groups in total. The first kappa shape index (κ1) is 16.9. The summed E-state index contributed by atoms with van der Waals surface area (Å²) in [4.78, 5) is 2.24. The molecule has 1 fully saturated rings. The van der Waals surface area contributed by atoms with Crippen LogP contribution in [0.4, 0.5) is 0 Å². The topological polar surface area (TPSA) is 69.6 Å². The molecule has 0 aromatic heterocycles. The highest BCUT2D eigenvalue weighted by Crippen LogP contribution is 2.16. The first-order valence-corrected chi connectivity index (χ1v) is 8.78. The Hall–Kier alpha value is -0.170. The number of hydrogen-bond acceptors (Lipinski definition) is 4. The van der Waals surface area contributed by atoms with E-state index in [9.17, 15) is 13.5 Å². The largest absolute Gasteiger partial charge is 0.392 e. The lowest BCUT2D eigenvalue weighted by Crippen LogP contribution is -2.44. The monoisotopic (exact) mass is 292 g/mol. The number of likely N-dealkylation sites (tertiary alicyclic amines) is 1. The van der Waals surface area contributed by atoms with Crippen molar-refractivity contribution in [1.82, 2.24) is 9.62 Å². The van der Waals surface area contributed by atoms with Gasteiger partial charge in [0, 0.05) is 19.6 Å². The van der Waals surface area contributed by atoms with Gasteiger partial charge >= 0.3 is 0 Å². The zero-order valence-electron chi connectivity index (χ0n) is 12.3. The van der Waals surface area contributed by atoms with Crippen LogP contribution in [0.5, 0.6) is 0 Å². The van der Waals surface area contributed by atoms with Crippen LogP contribution in [0.1, 0.15) is 40.0 Å². The Balaban J connectivity index is 2.39. The molecule has 1 aliphatic heterocycles. The molecule has 6 heteroatoms. The molecule has 0 spiro atoms. The minimum Gasteiger partial charge on any atom is -0.392 e. The van der Waals surface area contributed by atoms with E-state index < -0.39 is 10.0 Å². The number of nitrogens with one attached hydrogen (secondary N) is 1. The van der Waals surface area contributed by atoms with E-state index in [2.05, 4.69) is 9.62 Å². The second kappa shape index (κ2) is 7.57. The molecule has 5 nitrogen and oxygen atoms in total. The molecule has 0 amide bonds. The fraction of sp³-hybridized carbons (Fsp3) is 1.00. The van der Waals surface area contributed by atoms with Gasteiger partial charge in [-0.3, -0.25) is 0 Å². The van der Waals surface area contributed by atoms with Crippen molar-refractivity contribution in [2.75, 3.05) is 26.2 Å². The van der Waals surface area contributed by atoms with Gasteiger partial charge < -0.3 is 10.0 Å². The third kappa shape index (κ3) is 5.77. The average molecular weight is 292 g/mol. The van der Waals surface area contributed by atoms with Gasteiger partial charge in [-0.15, -0.1) is 0 Å². The van der Waals surface area contributed by atoms with Gasteiger partial charge in [-0.05, 0) is 45.6 Å². The van der Waals surface area contributed by atoms with Crippen molar-refractivity contribution in [3.8, 4) is 0 Å². The number of piperidine rings is 1. The van der Waals surface area contributed by atoms with Crippen molar-refractivity contribution in [3.05, 3.63) is 0 Å². The van der Waals surface area contributed by atoms with Crippen LogP contribution < -0.4 is 4.72 Å². The summed E-state index contributed by atoms with van der Waals surface area (Å²) in [6.45, 7) is 8.44. The van der Waals surface area contributed by atoms with E-state index in [0.29, 0.717) is 19.0 Å². The summed E-state index contributed by atoms with van der Waals surface area (Å²) in [5.74, 6) is 0.353. The predicted molar refractivity (Wildman–Crippen MR) is 77.5 cm³/mol. The van der Waals surface area contributed by atoms with Crippen LogP contribution >= 0.6 is 0 Å². The van der Waals surface area contributed by atoms with Gasteiger partial charge in [0.15, 0.2) is 0 Å². The third-order valence-corrected chi connectivity index (χ3v) is 5.55. The van der Waals surface area contributed by atoms with E-state index in [-0.39, 0.29) is 11.4 Å². The smallest absolute Gasteiger partial charge is 0.213 e. The SMILES string of the molecule is CC[C@@H](O)CN1CCC[C@@H](CNS(=O)(=O)C(C)C)C1. The number of aliphatic hydroxyl groups is 1. The molecule has 1 rings (SSSR count).